The van der Waals surface area contributed by atoms with Crippen LogP contribution in [-0.2, 0) is 17.6 Å². The van der Waals surface area contributed by atoms with Crippen LogP contribution in [0.3, 0.4) is 0 Å². The second kappa shape index (κ2) is 6.23. The molecule has 2 heterocycles. The van der Waals surface area contributed by atoms with Gasteiger partial charge >= 0.3 is 0 Å². The number of fused-ring (bicyclic) bond motifs is 2. The Morgan fingerprint density at radius 3 is 2.85 bits per heavy atom. The zero-order valence-corrected chi connectivity index (χ0v) is 16.3. The third-order valence-electron chi connectivity index (χ3n) is 5.60. The van der Waals surface area contributed by atoms with Gasteiger partial charge in [0, 0.05) is 34.9 Å². The molecule has 1 atom stereocenters. The summed E-state index contributed by atoms with van der Waals surface area (Å²) in [5, 5.41) is 18.4. The summed E-state index contributed by atoms with van der Waals surface area (Å²) < 4.78 is 0. The highest BCUT2D eigenvalue weighted by Crippen LogP contribution is 2.38. The fraction of sp³-hybridized carbons (Fsp3) is 0.429. The number of benzene rings is 1. The minimum absolute atomic E-state index is 0.313. The van der Waals surface area contributed by atoms with Crippen molar-refractivity contribution in [3.63, 3.8) is 0 Å². The largest absolute Gasteiger partial charge is 0.384 e. The standard InChI is InChI=1S/C21H26N4O2/c1-12(26)20(27)25(4)14-6-5-13-9-17(22-16(13)10-14)19-15-7-8-21(2,3)11-18(15)23-24-19/h5-6,9-10,12,22,26H,7-8,11H2,1-4H3,(H,23,24). The van der Waals surface area contributed by atoms with E-state index in [0.717, 1.165) is 47.2 Å². The van der Waals surface area contributed by atoms with Crippen LogP contribution in [0.15, 0.2) is 24.3 Å². The van der Waals surface area contributed by atoms with Crippen molar-refractivity contribution >= 4 is 22.5 Å². The van der Waals surface area contributed by atoms with Gasteiger partial charge < -0.3 is 15.0 Å². The van der Waals surface area contributed by atoms with Gasteiger partial charge in [0.25, 0.3) is 5.91 Å². The molecule has 1 unspecified atom stereocenters. The molecule has 2 aromatic heterocycles. The van der Waals surface area contributed by atoms with Gasteiger partial charge in [-0.15, -0.1) is 0 Å². The van der Waals surface area contributed by atoms with Gasteiger partial charge in [0.05, 0.1) is 5.69 Å². The summed E-state index contributed by atoms with van der Waals surface area (Å²) in [7, 11) is 1.67. The number of hydrogen-bond acceptors (Lipinski definition) is 3. The fourth-order valence-electron chi connectivity index (χ4n) is 3.93. The summed E-state index contributed by atoms with van der Waals surface area (Å²) in [6, 6.07) is 7.91. The predicted octanol–water partition coefficient (Wildman–Crippen LogP) is 3.42. The second-order valence-corrected chi connectivity index (χ2v) is 8.40. The SMILES string of the molecule is CC(O)C(=O)N(C)c1ccc2cc(-c3n[nH]c4c3CCC(C)(C)C4)[nH]c2c1. The number of rotatable bonds is 3. The number of nitrogens with one attached hydrogen (secondary N) is 2. The van der Waals surface area contributed by atoms with Crippen LogP contribution in [0.1, 0.15) is 38.4 Å². The molecule has 0 radical (unpaired) electrons. The molecular weight excluding hydrogens is 340 g/mol. The van der Waals surface area contributed by atoms with Gasteiger partial charge in [-0.25, -0.2) is 0 Å². The minimum atomic E-state index is -1.02. The van der Waals surface area contributed by atoms with Crippen LogP contribution in [0.4, 0.5) is 5.69 Å². The molecule has 6 heteroatoms. The number of carbonyl (C=O) groups excluding carboxylic acids is 1. The third-order valence-corrected chi connectivity index (χ3v) is 5.60. The van der Waals surface area contributed by atoms with E-state index in [1.165, 1.54) is 23.1 Å². The third kappa shape index (κ3) is 3.14. The number of amides is 1. The number of carbonyl (C=O) groups is 1. The maximum Gasteiger partial charge on any atom is 0.255 e. The number of aromatic nitrogens is 3. The van der Waals surface area contributed by atoms with Crippen LogP contribution in [0.2, 0.25) is 0 Å². The van der Waals surface area contributed by atoms with Gasteiger partial charge in [0.15, 0.2) is 0 Å². The second-order valence-electron chi connectivity index (χ2n) is 8.40. The van der Waals surface area contributed by atoms with Gasteiger partial charge in [0.1, 0.15) is 11.8 Å². The highest BCUT2D eigenvalue weighted by atomic mass is 16.3. The van der Waals surface area contributed by atoms with Gasteiger partial charge in [-0.05, 0) is 49.8 Å². The maximum absolute atomic E-state index is 12.0. The van der Waals surface area contributed by atoms with Crippen LogP contribution < -0.4 is 4.90 Å². The number of anilines is 1. The van der Waals surface area contributed by atoms with Crippen molar-refractivity contribution in [3.05, 3.63) is 35.5 Å². The topological polar surface area (TPSA) is 85.0 Å². The first-order valence-electron chi connectivity index (χ1n) is 9.40. The molecule has 3 aromatic rings. The lowest BCUT2D eigenvalue weighted by atomic mass is 9.76. The predicted molar refractivity (Wildman–Crippen MR) is 107 cm³/mol. The molecule has 1 amide bonds. The number of aliphatic hydroxyl groups is 1. The molecule has 3 N–H and O–H groups in total. The van der Waals surface area contributed by atoms with Crippen LogP contribution in [0.5, 0.6) is 0 Å². The van der Waals surface area contributed by atoms with E-state index in [9.17, 15) is 9.90 Å². The van der Waals surface area contributed by atoms with Crippen LogP contribution in [-0.4, -0.2) is 39.3 Å². The lowest BCUT2D eigenvalue weighted by molar-refractivity contribution is -0.125. The van der Waals surface area contributed by atoms with Crippen molar-refractivity contribution in [1.29, 1.82) is 0 Å². The highest BCUT2D eigenvalue weighted by molar-refractivity contribution is 5.98. The number of likely N-dealkylation sites (N-methyl/N-ethyl adjacent to an activating group) is 1. The van der Waals surface area contributed by atoms with Gasteiger partial charge in [-0.1, -0.05) is 19.9 Å². The van der Waals surface area contributed by atoms with Crippen molar-refractivity contribution < 1.29 is 9.90 Å². The lowest BCUT2D eigenvalue weighted by Crippen LogP contribution is -2.34. The molecule has 4 rings (SSSR count). The Labute approximate surface area is 158 Å². The Bertz CT molecular complexity index is 1010. The zero-order valence-electron chi connectivity index (χ0n) is 16.3. The van der Waals surface area contributed by atoms with Crippen LogP contribution in [0, 0.1) is 5.41 Å². The fourth-order valence-corrected chi connectivity index (χ4v) is 3.93. The monoisotopic (exact) mass is 366 g/mol. The summed E-state index contributed by atoms with van der Waals surface area (Å²) in [5.74, 6) is -0.329. The summed E-state index contributed by atoms with van der Waals surface area (Å²) in [5.41, 5.74) is 6.53. The van der Waals surface area contributed by atoms with Crippen molar-refractivity contribution in [2.45, 2.75) is 46.1 Å². The Morgan fingerprint density at radius 2 is 2.11 bits per heavy atom. The first kappa shape index (κ1) is 17.8. The molecule has 27 heavy (non-hydrogen) atoms. The minimum Gasteiger partial charge on any atom is -0.384 e. The first-order valence-corrected chi connectivity index (χ1v) is 9.40. The number of nitrogens with zero attached hydrogens (tertiary/aromatic N) is 2. The Balaban J connectivity index is 1.69. The van der Waals surface area contributed by atoms with Crippen molar-refractivity contribution in [3.8, 4) is 11.4 Å². The number of aliphatic hydroxyl groups excluding tert-OH is 1. The van der Waals surface area contributed by atoms with E-state index >= 15 is 0 Å². The average molecular weight is 366 g/mol. The smallest absolute Gasteiger partial charge is 0.255 e. The quantitative estimate of drug-likeness (QED) is 0.664. The van der Waals surface area contributed by atoms with E-state index in [2.05, 4.69) is 35.1 Å². The van der Waals surface area contributed by atoms with E-state index in [4.69, 9.17) is 0 Å². The van der Waals surface area contributed by atoms with Gasteiger partial charge in [-0.3, -0.25) is 9.89 Å². The summed E-state index contributed by atoms with van der Waals surface area (Å²) in [6.07, 6.45) is 2.18. The van der Waals surface area contributed by atoms with Crippen molar-refractivity contribution in [2.24, 2.45) is 5.41 Å². The molecule has 0 spiro atoms. The Kier molecular flexibility index (Phi) is 4.11. The molecule has 0 saturated carbocycles. The van der Waals surface area contributed by atoms with E-state index in [-0.39, 0.29) is 5.91 Å². The highest BCUT2D eigenvalue weighted by Gasteiger charge is 2.29. The first-order chi connectivity index (χ1) is 12.7. The molecule has 0 fully saturated rings. The lowest BCUT2D eigenvalue weighted by Gasteiger charge is -2.28. The number of aromatic amines is 2. The molecule has 142 valence electrons. The summed E-state index contributed by atoms with van der Waals surface area (Å²) >= 11 is 0. The van der Waals surface area contributed by atoms with Crippen molar-refractivity contribution in [1.82, 2.24) is 15.2 Å². The summed E-state index contributed by atoms with van der Waals surface area (Å²) in [6.45, 7) is 6.07. The Morgan fingerprint density at radius 1 is 1.33 bits per heavy atom. The molecule has 1 aliphatic rings. The van der Waals surface area contributed by atoms with Gasteiger partial charge in [0.2, 0.25) is 0 Å². The van der Waals surface area contributed by atoms with E-state index in [1.54, 1.807) is 7.05 Å². The summed E-state index contributed by atoms with van der Waals surface area (Å²) in [4.78, 5) is 17.0. The maximum atomic E-state index is 12.0. The van der Waals surface area contributed by atoms with E-state index in [1.807, 2.05) is 18.2 Å². The van der Waals surface area contributed by atoms with Crippen LogP contribution >= 0.6 is 0 Å². The number of H-pyrrole nitrogens is 2. The number of hydrogen-bond donors (Lipinski definition) is 3. The molecule has 0 bridgehead atoms. The molecular formula is C21H26N4O2. The van der Waals surface area contributed by atoms with Gasteiger partial charge in [-0.2, -0.15) is 5.10 Å². The molecule has 1 aliphatic carbocycles. The van der Waals surface area contributed by atoms with E-state index < -0.39 is 6.10 Å². The van der Waals surface area contributed by atoms with Crippen molar-refractivity contribution in [2.75, 3.05) is 11.9 Å². The normalized spacial score (nSPS) is 16.9. The molecule has 0 aliphatic heterocycles. The van der Waals surface area contributed by atoms with Crippen LogP contribution in [0.25, 0.3) is 22.3 Å². The molecule has 1 aromatic carbocycles. The average Bonchev–Trinajstić information content (AvgIpc) is 3.21. The molecule has 6 nitrogen and oxygen atoms in total. The molecule has 0 saturated heterocycles. The van der Waals surface area contributed by atoms with E-state index in [0.29, 0.717) is 5.41 Å². The Hall–Kier alpha value is -2.60. The zero-order chi connectivity index (χ0) is 19.3.